The number of rotatable bonds is 4. The fourth-order valence-corrected chi connectivity index (χ4v) is 3.82. The highest BCUT2D eigenvalue weighted by Gasteiger charge is 2.27. The summed E-state index contributed by atoms with van der Waals surface area (Å²) in [5.74, 6) is 2.01. The van der Waals surface area contributed by atoms with Crippen molar-refractivity contribution in [3.8, 4) is 0 Å². The van der Waals surface area contributed by atoms with Gasteiger partial charge in [-0.05, 0) is 31.4 Å². The molecule has 0 aromatic heterocycles. The molecule has 1 saturated heterocycles. The van der Waals surface area contributed by atoms with E-state index in [1.54, 1.807) is 12.1 Å². The first-order chi connectivity index (χ1) is 8.63. The Morgan fingerprint density at radius 1 is 1.61 bits per heavy atom. The van der Waals surface area contributed by atoms with Crippen molar-refractivity contribution in [1.82, 2.24) is 4.90 Å². The first-order valence-corrected chi connectivity index (χ1v) is 7.61. The van der Waals surface area contributed by atoms with E-state index in [1.165, 1.54) is 11.8 Å². The minimum absolute atomic E-state index is 0.0778. The molecule has 2 rings (SSSR count). The number of hydrogen-bond acceptors (Lipinski definition) is 3. The van der Waals surface area contributed by atoms with E-state index in [4.69, 9.17) is 17.3 Å². The molecule has 0 aliphatic carbocycles. The van der Waals surface area contributed by atoms with Gasteiger partial charge in [-0.3, -0.25) is 4.90 Å². The Balaban J connectivity index is 2.21. The molecule has 2 nitrogen and oxygen atoms in total. The van der Waals surface area contributed by atoms with E-state index in [2.05, 4.69) is 4.90 Å². The molecule has 100 valence electrons. The second-order valence-corrected chi connectivity index (χ2v) is 6.19. The van der Waals surface area contributed by atoms with Crippen LogP contribution in [0.2, 0.25) is 5.02 Å². The third kappa shape index (κ3) is 2.99. The lowest BCUT2D eigenvalue weighted by molar-refractivity contribution is 0.189. The molecule has 2 N–H and O–H groups in total. The van der Waals surface area contributed by atoms with Gasteiger partial charge >= 0.3 is 0 Å². The molecule has 0 saturated carbocycles. The number of nitrogens with zero attached hydrogens (tertiary/aromatic N) is 1. The van der Waals surface area contributed by atoms with Crippen LogP contribution in [0.15, 0.2) is 18.2 Å². The number of halogens is 2. The number of hydrogen-bond donors (Lipinski definition) is 1. The first-order valence-electron chi connectivity index (χ1n) is 6.08. The summed E-state index contributed by atoms with van der Waals surface area (Å²) in [5.41, 5.74) is 6.47. The normalized spacial score (nSPS) is 21.5. The predicted molar refractivity (Wildman–Crippen MR) is 76.7 cm³/mol. The van der Waals surface area contributed by atoms with Gasteiger partial charge in [-0.15, -0.1) is 0 Å². The second-order valence-electron chi connectivity index (χ2n) is 4.60. The molecule has 5 heteroatoms. The van der Waals surface area contributed by atoms with Crippen molar-refractivity contribution in [3.63, 3.8) is 0 Å². The van der Waals surface area contributed by atoms with E-state index in [0.29, 0.717) is 23.2 Å². The molecule has 1 aliphatic rings. The summed E-state index contributed by atoms with van der Waals surface area (Å²) in [7, 11) is 2.03. The third-order valence-electron chi connectivity index (χ3n) is 3.52. The molecule has 0 amide bonds. The van der Waals surface area contributed by atoms with Gasteiger partial charge in [0.05, 0.1) is 0 Å². The van der Waals surface area contributed by atoms with Crippen LogP contribution in [-0.2, 0) is 0 Å². The Morgan fingerprint density at radius 3 is 2.94 bits per heavy atom. The molecule has 0 bridgehead atoms. The van der Waals surface area contributed by atoms with Crippen LogP contribution < -0.4 is 5.73 Å². The lowest BCUT2D eigenvalue weighted by atomic mass is 10.0. The van der Waals surface area contributed by atoms with Gasteiger partial charge in [0, 0.05) is 35.0 Å². The van der Waals surface area contributed by atoms with Crippen molar-refractivity contribution < 1.29 is 4.39 Å². The monoisotopic (exact) mass is 288 g/mol. The van der Waals surface area contributed by atoms with Gasteiger partial charge in [0.25, 0.3) is 0 Å². The summed E-state index contributed by atoms with van der Waals surface area (Å²) in [6.45, 7) is 0.413. The molecular formula is C13H18ClFN2S. The Kier molecular flexibility index (Phi) is 4.90. The molecule has 1 heterocycles. The Morgan fingerprint density at radius 2 is 2.39 bits per heavy atom. The van der Waals surface area contributed by atoms with Crippen molar-refractivity contribution in [2.75, 3.05) is 25.1 Å². The predicted octanol–water partition coefficient (Wildman–Crippen LogP) is 2.92. The Labute approximate surface area is 117 Å². The van der Waals surface area contributed by atoms with Crippen molar-refractivity contribution in [1.29, 1.82) is 0 Å². The lowest BCUT2D eigenvalue weighted by Crippen LogP contribution is -2.39. The molecule has 0 radical (unpaired) electrons. The van der Waals surface area contributed by atoms with Crippen LogP contribution >= 0.6 is 23.4 Å². The van der Waals surface area contributed by atoms with Gasteiger partial charge in [0.15, 0.2) is 0 Å². The molecule has 1 fully saturated rings. The fraction of sp³-hybridized carbons (Fsp3) is 0.538. The minimum Gasteiger partial charge on any atom is -0.329 e. The van der Waals surface area contributed by atoms with E-state index in [9.17, 15) is 4.39 Å². The van der Waals surface area contributed by atoms with Gasteiger partial charge in [0.1, 0.15) is 5.82 Å². The van der Waals surface area contributed by atoms with E-state index in [0.717, 1.165) is 12.2 Å². The summed E-state index contributed by atoms with van der Waals surface area (Å²) in [6.07, 6.45) is 1.15. The second kappa shape index (κ2) is 6.24. The van der Waals surface area contributed by atoms with E-state index in [1.807, 2.05) is 18.8 Å². The van der Waals surface area contributed by atoms with Gasteiger partial charge < -0.3 is 5.73 Å². The number of likely N-dealkylation sites (N-methyl/N-ethyl adjacent to an activating group) is 1. The zero-order valence-corrected chi connectivity index (χ0v) is 12.0. The van der Waals surface area contributed by atoms with E-state index < -0.39 is 0 Å². The minimum atomic E-state index is -0.268. The van der Waals surface area contributed by atoms with E-state index >= 15 is 0 Å². The van der Waals surface area contributed by atoms with Gasteiger partial charge in [0.2, 0.25) is 0 Å². The van der Waals surface area contributed by atoms with Gasteiger partial charge in [-0.1, -0.05) is 17.7 Å². The summed E-state index contributed by atoms with van der Waals surface area (Å²) in [6, 6.07) is 5.23. The molecule has 1 aromatic rings. The van der Waals surface area contributed by atoms with Crippen molar-refractivity contribution in [3.05, 3.63) is 34.6 Å². The quantitative estimate of drug-likeness (QED) is 0.924. The average molecular weight is 289 g/mol. The number of benzene rings is 1. The summed E-state index contributed by atoms with van der Waals surface area (Å²) in [5, 5.41) is 0.422. The SMILES string of the molecule is CN(C1CCSC1)C(CN)c1ccc(Cl)cc1F. The summed E-state index contributed by atoms with van der Waals surface area (Å²) >= 11 is 7.73. The molecule has 2 atom stereocenters. The maximum absolute atomic E-state index is 14.0. The van der Waals surface area contributed by atoms with Crippen molar-refractivity contribution in [2.45, 2.75) is 18.5 Å². The summed E-state index contributed by atoms with van der Waals surface area (Å²) < 4.78 is 14.0. The third-order valence-corrected chi connectivity index (χ3v) is 4.90. The van der Waals surface area contributed by atoms with Crippen LogP contribution in [0.5, 0.6) is 0 Å². The Bertz CT molecular complexity index is 410. The highest BCUT2D eigenvalue weighted by Crippen LogP contribution is 2.30. The standard InChI is InChI=1S/C13H18ClFN2S/c1-17(10-4-5-18-8-10)13(7-16)11-3-2-9(14)6-12(11)15/h2-3,6,10,13H,4-5,7-8,16H2,1H3. The molecule has 0 spiro atoms. The highest BCUT2D eigenvalue weighted by molar-refractivity contribution is 7.99. The smallest absolute Gasteiger partial charge is 0.129 e. The van der Waals surface area contributed by atoms with Gasteiger partial charge in [-0.25, -0.2) is 4.39 Å². The topological polar surface area (TPSA) is 29.3 Å². The number of thioether (sulfide) groups is 1. The number of nitrogens with two attached hydrogens (primary N) is 1. The zero-order valence-electron chi connectivity index (χ0n) is 10.4. The maximum atomic E-state index is 14.0. The Hall–Kier alpha value is -0.290. The van der Waals surface area contributed by atoms with Crippen LogP contribution in [0, 0.1) is 5.82 Å². The largest absolute Gasteiger partial charge is 0.329 e. The maximum Gasteiger partial charge on any atom is 0.129 e. The van der Waals surface area contributed by atoms with Crippen molar-refractivity contribution in [2.24, 2.45) is 5.73 Å². The molecule has 1 aliphatic heterocycles. The van der Waals surface area contributed by atoms with Crippen LogP contribution in [0.25, 0.3) is 0 Å². The molecule has 1 aromatic carbocycles. The highest BCUT2D eigenvalue weighted by atomic mass is 35.5. The molecule has 18 heavy (non-hydrogen) atoms. The molecule has 2 unspecified atom stereocenters. The fourth-order valence-electron chi connectivity index (χ4n) is 2.38. The van der Waals surface area contributed by atoms with Gasteiger partial charge in [-0.2, -0.15) is 11.8 Å². The van der Waals surface area contributed by atoms with Crippen LogP contribution in [-0.4, -0.2) is 36.0 Å². The molecular weight excluding hydrogens is 271 g/mol. The zero-order chi connectivity index (χ0) is 13.1. The average Bonchev–Trinajstić information content (AvgIpc) is 2.86. The van der Waals surface area contributed by atoms with Crippen LogP contribution in [0.1, 0.15) is 18.0 Å². The van der Waals surface area contributed by atoms with Crippen LogP contribution in [0.4, 0.5) is 4.39 Å². The van der Waals surface area contributed by atoms with Crippen molar-refractivity contribution >= 4 is 23.4 Å². The lowest BCUT2D eigenvalue weighted by Gasteiger charge is -2.32. The van der Waals surface area contributed by atoms with E-state index in [-0.39, 0.29) is 11.9 Å². The summed E-state index contributed by atoms with van der Waals surface area (Å²) in [4.78, 5) is 2.20. The first kappa shape index (κ1) is 14.1. The van der Waals surface area contributed by atoms with Crippen LogP contribution in [0.3, 0.4) is 0 Å².